The molecule has 1 fully saturated rings. The van der Waals surface area contributed by atoms with Gasteiger partial charge in [0.15, 0.2) is 0 Å². The molecule has 0 aliphatic carbocycles. The smallest absolute Gasteiger partial charge is 0.326 e. The monoisotopic (exact) mass is 398 g/mol. The van der Waals surface area contributed by atoms with E-state index < -0.39 is 27.9 Å². The number of benzene rings is 1. The number of sulfonamides is 1. The van der Waals surface area contributed by atoms with Gasteiger partial charge in [-0.1, -0.05) is 12.8 Å². The van der Waals surface area contributed by atoms with Crippen LogP contribution in [0, 0.1) is 0 Å². The Morgan fingerprint density at radius 1 is 1.19 bits per heavy atom. The number of carboxylic acid groups (broad SMARTS) is 1. The number of hydrogen-bond acceptors (Lipinski definition) is 5. The number of likely N-dealkylation sites (N-methyl/N-ethyl adjacent to an activating group) is 1. The molecule has 0 spiro atoms. The van der Waals surface area contributed by atoms with Crippen LogP contribution in [0.5, 0.6) is 5.75 Å². The number of methoxy groups -OCH3 is 1. The molecule has 0 bridgehead atoms. The van der Waals surface area contributed by atoms with Crippen molar-refractivity contribution in [3.05, 3.63) is 23.8 Å². The van der Waals surface area contributed by atoms with Gasteiger partial charge in [0.1, 0.15) is 16.7 Å². The molecule has 1 aliphatic rings. The zero-order valence-electron chi connectivity index (χ0n) is 15.8. The molecule has 1 heterocycles. The number of amides is 1. The summed E-state index contributed by atoms with van der Waals surface area (Å²) < 4.78 is 32.9. The van der Waals surface area contributed by atoms with E-state index in [1.54, 1.807) is 0 Å². The fourth-order valence-electron chi connectivity index (χ4n) is 2.98. The van der Waals surface area contributed by atoms with Crippen LogP contribution in [0.25, 0.3) is 0 Å². The van der Waals surface area contributed by atoms with Crippen molar-refractivity contribution in [1.29, 1.82) is 0 Å². The van der Waals surface area contributed by atoms with E-state index in [4.69, 9.17) is 9.84 Å². The van der Waals surface area contributed by atoms with Gasteiger partial charge in [-0.3, -0.25) is 4.79 Å². The maximum absolute atomic E-state index is 13.1. The van der Waals surface area contributed by atoms with Gasteiger partial charge in [-0.25, -0.2) is 13.2 Å². The molecule has 1 aliphatic heterocycles. The van der Waals surface area contributed by atoms with Gasteiger partial charge in [-0.2, -0.15) is 4.31 Å². The lowest BCUT2D eigenvalue weighted by Gasteiger charge is -2.24. The Balaban J connectivity index is 2.42. The van der Waals surface area contributed by atoms with E-state index >= 15 is 0 Å². The molecule has 0 saturated carbocycles. The van der Waals surface area contributed by atoms with Crippen LogP contribution < -0.4 is 4.74 Å². The molecular formula is C18H26N2O6S. The molecule has 1 saturated heterocycles. The van der Waals surface area contributed by atoms with Crippen LogP contribution in [0.2, 0.25) is 0 Å². The number of nitrogens with zero attached hydrogens (tertiary/aromatic N) is 2. The molecule has 2 rings (SSSR count). The van der Waals surface area contributed by atoms with E-state index in [2.05, 4.69) is 0 Å². The highest BCUT2D eigenvalue weighted by molar-refractivity contribution is 7.89. The quantitative estimate of drug-likeness (QED) is 0.784. The highest BCUT2D eigenvalue weighted by Gasteiger charge is 2.30. The topological polar surface area (TPSA) is 104 Å². The number of carboxylic acids is 1. The summed E-state index contributed by atoms with van der Waals surface area (Å²) in [6.45, 7) is 2.25. The average Bonchev–Trinajstić information content (AvgIpc) is 2.95. The zero-order chi connectivity index (χ0) is 20.2. The Kier molecular flexibility index (Phi) is 6.83. The minimum atomic E-state index is -3.83. The minimum Gasteiger partial charge on any atom is -0.495 e. The van der Waals surface area contributed by atoms with Gasteiger partial charge in [-0.05, 0) is 38.0 Å². The lowest BCUT2D eigenvalue weighted by molar-refractivity contribution is -0.141. The number of carbonyl (C=O) groups is 2. The van der Waals surface area contributed by atoms with E-state index in [-0.39, 0.29) is 16.2 Å². The zero-order valence-corrected chi connectivity index (χ0v) is 16.7. The molecule has 1 atom stereocenters. The van der Waals surface area contributed by atoms with E-state index in [9.17, 15) is 18.0 Å². The highest BCUT2D eigenvalue weighted by atomic mass is 32.2. The van der Waals surface area contributed by atoms with Crippen LogP contribution in [0.1, 0.15) is 43.0 Å². The second kappa shape index (κ2) is 8.71. The van der Waals surface area contributed by atoms with Gasteiger partial charge in [0.25, 0.3) is 5.91 Å². The first-order valence-corrected chi connectivity index (χ1v) is 10.3. The van der Waals surface area contributed by atoms with Gasteiger partial charge in [0.2, 0.25) is 10.0 Å². The van der Waals surface area contributed by atoms with Crippen molar-refractivity contribution in [2.24, 2.45) is 0 Å². The van der Waals surface area contributed by atoms with Crippen molar-refractivity contribution in [3.63, 3.8) is 0 Å². The van der Waals surface area contributed by atoms with Crippen LogP contribution in [0.4, 0.5) is 0 Å². The minimum absolute atomic E-state index is 0.0749. The molecule has 150 valence electrons. The molecule has 0 radical (unpaired) electrons. The van der Waals surface area contributed by atoms with Gasteiger partial charge in [0, 0.05) is 25.7 Å². The van der Waals surface area contributed by atoms with Crippen molar-refractivity contribution < 1.29 is 27.9 Å². The van der Waals surface area contributed by atoms with Crippen LogP contribution >= 0.6 is 0 Å². The van der Waals surface area contributed by atoms with Crippen molar-refractivity contribution in [2.75, 3.05) is 27.2 Å². The van der Waals surface area contributed by atoms with Crippen LogP contribution in [-0.4, -0.2) is 67.9 Å². The van der Waals surface area contributed by atoms with Crippen LogP contribution in [0.3, 0.4) is 0 Å². The second-order valence-electron chi connectivity index (χ2n) is 6.61. The normalized spacial score (nSPS) is 17.0. The van der Waals surface area contributed by atoms with Crippen molar-refractivity contribution in [3.8, 4) is 5.75 Å². The molecule has 27 heavy (non-hydrogen) atoms. The molecule has 1 unspecified atom stereocenters. The largest absolute Gasteiger partial charge is 0.495 e. The summed E-state index contributed by atoms with van der Waals surface area (Å²) in [4.78, 5) is 24.7. The molecule has 1 N–H and O–H groups in total. The molecule has 0 aromatic heterocycles. The maximum Gasteiger partial charge on any atom is 0.326 e. The Hall–Kier alpha value is -2.13. The lowest BCUT2D eigenvalue weighted by atomic mass is 10.1. The van der Waals surface area contributed by atoms with Gasteiger partial charge < -0.3 is 14.7 Å². The van der Waals surface area contributed by atoms with Gasteiger partial charge >= 0.3 is 5.97 Å². The Labute approximate surface area is 159 Å². The molecule has 1 aromatic rings. The highest BCUT2D eigenvalue weighted by Crippen LogP contribution is 2.29. The predicted octanol–water partition coefficient (Wildman–Crippen LogP) is 1.80. The Morgan fingerprint density at radius 2 is 1.78 bits per heavy atom. The summed E-state index contributed by atoms with van der Waals surface area (Å²) in [5.74, 6) is -1.55. The van der Waals surface area contributed by atoms with Crippen LogP contribution in [-0.2, 0) is 14.8 Å². The summed E-state index contributed by atoms with van der Waals surface area (Å²) >= 11 is 0. The first-order valence-electron chi connectivity index (χ1n) is 8.88. The average molecular weight is 398 g/mol. The Bertz CT molecular complexity index is 800. The number of ether oxygens (including phenoxy) is 1. The van der Waals surface area contributed by atoms with E-state index in [1.807, 2.05) is 0 Å². The molecular weight excluding hydrogens is 372 g/mol. The van der Waals surface area contributed by atoms with Crippen molar-refractivity contribution >= 4 is 21.9 Å². The number of carbonyl (C=O) groups excluding carboxylic acids is 1. The first-order chi connectivity index (χ1) is 12.7. The van der Waals surface area contributed by atoms with Gasteiger partial charge in [0.05, 0.1) is 7.11 Å². The maximum atomic E-state index is 13.1. The molecule has 9 heteroatoms. The number of hydrogen-bond donors (Lipinski definition) is 1. The molecule has 1 aromatic carbocycles. The molecule has 8 nitrogen and oxygen atoms in total. The number of aliphatic carboxylic acids is 1. The summed E-state index contributed by atoms with van der Waals surface area (Å²) in [7, 11) is -1.08. The van der Waals surface area contributed by atoms with E-state index in [1.165, 1.54) is 43.6 Å². The summed E-state index contributed by atoms with van der Waals surface area (Å²) in [6.07, 6.45) is 3.55. The third kappa shape index (κ3) is 4.59. The van der Waals surface area contributed by atoms with Gasteiger partial charge in [-0.15, -0.1) is 0 Å². The second-order valence-corrected chi connectivity index (χ2v) is 8.52. The van der Waals surface area contributed by atoms with Crippen molar-refractivity contribution in [2.45, 2.75) is 43.5 Å². The molecule has 1 amide bonds. The van der Waals surface area contributed by atoms with Crippen molar-refractivity contribution in [1.82, 2.24) is 9.21 Å². The Morgan fingerprint density at radius 3 is 2.30 bits per heavy atom. The third-order valence-electron chi connectivity index (χ3n) is 4.85. The first kappa shape index (κ1) is 21.2. The summed E-state index contributed by atoms with van der Waals surface area (Å²) in [6, 6.07) is 3.10. The SMILES string of the molecule is COc1ccc(C(=O)N(C)C(C)C(=O)O)cc1S(=O)(=O)N1CCCCCC1. The lowest BCUT2D eigenvalue weighted by Crippen LogP contribution is -2.40. The number of rotatable bonds is 6. The van der Waals surface area contributed by atoms with E-state index in [0.717, 1.165) is 30.6 Å². The third-order valence-corrected chi connectivity index (χ3v) is 6.77. The summed E-state index contributed by atoms with van der Waals surface area (Å²) in [5, 5.41) is 9.09. The fraction of sp³-hybridized carbons (Fsp3) is 0.556. The summed E-state index contributed by atoms with van der Waals surface area (Å²) in [5.41, 5.74) is 0.0970. The van der Waals surface area contributed by atoms with Crippen LogP contribution in [0.15, 0.2) is 23.1 Å². The standard InChI is InChI=1S/C18H26N2O6S/c1-13(18(22)23)19(2)17(21)14-8-9-15(26-3)16(12-14)27(24,25)20-10-6-4-5-7-11-20/h8-9,12-13H,4-7,10-11H2,1-3H3,(H,22,23). The fourth-order valence-corrected chi connectivity index (χ4v) is 4.68. The predicted molar refractivity (Wildman–Crippen MR) is 99.4 cm³/mol. The van der Waals surface area contributed by atoms with E-state index in [0.29, 0.717) is 13.1 Å².